The number of hydrogen-bond donors (Lipinski definition) is 2. The van der Waals surface area contributed by atoms with Crippen LogP contribution in [-0.4, -0.2) is 52.9 Å². The first-order chi connectivity index (χ1) is 8.51. The molecule has 1 aliphatic heterocycles. The minimum absolute atomic E-state index is 0.0696. The number of aliphatic hydroxyl groups excluding tert-OH is 1. The van der Waals surface area contributed by atoms with Gasteiger partial charge in [-0.25, -0.2) is 13.6 Å². The smallest absolute Gasteiger partial charge is 0.410 e. The maximum atomic E-state index is 14.0. The summed E-state index contributed by atoms with van der Waals surface area (Å²) in [6.07, 6.45) is -1.03. The Hall–Kier alpha value is -0.950. The van der Waals surface area contributed by atoms with Gasteiger partial charge >= 0.3 is 6.09 Å². The van der Waals surface area contributed by atoms with E-state index in [0.717, 1.165) is 4.90 Å². The Balaban J connectivity index is 2.73. The van der Waals surface area contributed by atoms with Crippen LogP contribution in [0.3, 0.4) is 0 Å². The van der Waals surface area contributed by atoms with E-state index in [9.17, 15) is 13.6 Å². The van der Waals surface area contributed by atoms with E-state index in [4.69, 9.17) is 15.6 Å². The van der Waals surface area contributed by atoms with Crippen LogP contribution in [0.15, 0.2) is 0 Å². The number of ether oxygens (including phenoxy) is 1. The molecule has 0 spiro atoms. The number of likely N-dealkylation sites (tertiary alicyclic amines) is 1. The first-order valence-electron chi connectivity index (χ1n) is 6.26. The molecule has 0 aromatic rings. The normalized spacial score (nSPS) is 27.2. The van der Waals surface area contributed by atoms with Crippen LogP contribution in [0.1, 0.15) is 33.6 Å². The third-order valence-electron chi connectivity index (χ3n) is 3.16. The number of rotatable bonds is 2. The van der Waals surface area contributed by atoms with Gasteiger partial charge in [0.2, 0.25) is 0 Å². The van der Waals surface area contributed by atoms with Crippen LogP contribution in [0.25, 0.3) is 0 Å². The van der Waals surface area contributed by atoms with E-state index in [0.29, 0.717) is 0 Å². The fourth-order valence-corrected chi connectivity index (χ4v) is 1.98. The van der Waals surface area contributed by atoms with Crippen molar-refractivity contribution in [3.63, 3.8) is 0 Å². The van der Waals surface area contributed by atoms with Gasteiger partial charge in [0.1, 0.15) is 5.60 Å². The molecule has 1 fully saturated rings. The predicted octanol–water partition coefficient (Wildman–Crippen LogP) is 1.34. The quantitative estimate of drug-likeness (QED) is 0.800. The second kappa shape index (κ2) is 5.20. The average Bonchev–Trinajstić information content (AvgIpc) is 2.20. The van der Waals surface area contributed by atoms with Gasteiger partial charge in [-0.05, 0) is 33.6 Å². The largest absolute Gasteiger partial charge is 0.444 e. The first kappa shape index (κ1) is 16.1. The van der Waals surface area contributed by atoms with E-state index < -0.39 is 36.3 Å². The van der Waals surface area contributed by atoms with Crippen LogP contribution in [-0.2, 0) is 4.74 Å². The fraction of sp³-hybridized carbons (Fsp3) is 0.917. The Kier molecular flexibility index (Phi) is 4.41. The van der Waals surface area contributed by atoms with Crippen molar-refractivity contribution in [2.24, 2.45) is 5.73 Å². The molecular weight excluding hydrogens is 258 g/mol. The highest BCUT2D eigenvalue weighted by Gasteiger charge is 2.55. The highest BCUT2D eigenvalue weighted by Crippen LogP contribution is 2.37. The number of halogens is 2. The molecule has 1 aliphatic rings. The summed E-state index contributed by atoms with van der Waals surface area (Å²) in [5, 5.41) is 8.83. The van der Waals surface area contributed by atoms with Gasteiger partial charge in [-0.1, -0.05) is 0 Å². The lowest BCUT2D eigenvalue weighted by molar-refractivity contribution is -0.128. The molecule has 19 heavy (non-hydrogen) atoms. The minimum atomic E-state index is -3.25. The molecule has 0 aliphatic carbocycles. The minimum Gasteiger partial charge on any atom is -0.444 e. The molecule has 1 saturated heterocycles. The van der Waals surface area contributed by atoms with Gasteiger partial charge in [0.25, 0.3) is 5.92 Å². The van der Waals surface area contributed by atoms with Crippen molar-refractivity contribution in [3.05, 3.63) is 0 Å². The van der Waals surface area contributed by atoms with Crippen molar-refractivity contribution >= 4 is 6.09 Å². The zero-order chi connectivity index (χ0) is 14.9. The number of aliphatic hydroxyl groups is 1. The number of hydrogen-bond acceptors (Lipinski definition) is 4. The van der Waals surface area contributed by atoms with Gasteiger partial charge in [0.05, 0.1) is 12.1 Å². The lowest BCUT2D eigenvalue weighted by atomic mass is 9.82. The summed E-state index contributed by atoms with van der Waals surface area (Å²) in [6, 6.07) is 0. The predicted molar refractivity (Wildman–Crippen MR) is 66.0 cm³/mol. The Morgan fingerprint density at radius 1 is 1.47 bits per heavy atom. The Bertz CT molecular complexity index is 344. The third-order valence-corrected chi connectivity index (χ3v) is 3.16. The molecule has 0 aromatic carbocycles. The fourth-order valence-electron chi connectivity index (χ4n) is 1.98. The summed E-state index contributed by atoms with van der Waals surface area (Å²) < 4.78 is 33.1. The number of piperidine rings is 1. The maximum absolute atomic E-state index is 14.0. The van der Waals surface area contributed by atoms with Gasteiger partial charge < -0.3 is 20.5 Å². The van der Waals surface area contributed by atoms with Crippen LogP contribution in [0.2, 0.25) is 0 Å². The van der Waals surface area contributed by atoms with Gasteiger partial charge in [-0.2, -0.15) is 0 Å². The van der Waals surface area contributed by atoms with E-state index in [2.05, 4.69) is 0 Å². The molecule has 1 amide bonds. The molecule has 0 bridgehead atoms. The highest BCUT2D eigenvalue weighted by molar-refractivity contribution is 5.68. The maximum Gasteiger partial charge on any atom is 0.410 e. The number of nitrogens with zero attached hydrogens (tertiary/aromatic N) is 1. The molecule has 7 heteroatoms. The molecule has 1 rings (SSSR count). The van der Waals surface area contributed by atoms with Gasteiger partial charge in [0.15, 0.2) is 0 Å². The zero-order valence-corrected chi connectivity index (χ0v) is 11.6. The van der Waals surface area contributed by atoms with Gasteiger partial charge in [-0.15, -0.1) is 0 Å². The van der Waals surface area contributed by atoms with Crippen molar-refractivity contribution in [2.45, 2.75) is 50.7 Å². The van der Waals surface area contributed by atoms with Crippen LogP contribution in [0.5, 0.6) is 0 Å². The van der Waals surface area contributed by atoms with Crippen molar-refractivity contribution in [3.8, 4) is 0 Å². The number of nitrogens with two attached hydrogens (primary N) is 1. The van der Waals surface area contributed by atoms with Crippen molar-refractivity contribution in [2.75, 3.05) is 19.7 Å². The van der Waals surface area contributed by atoms with Gasteiger partial charge in [0, 0.05) is 13.2 Å². The monoisotopic (exact) mass is 280 g/mol. The Morgan fingerprint density at radius 3 is 2.47 bits per heavy atom. The first-order valence-corrected chi connectivity index (χ1v) is 6.26. The second-order valence-corrected chi connectivity index (χ2v) is 5.99. The molecule has 3 N–H and O–H groups in total. The summed E-state index contributed by atoms with van der Waals surface area (Å²) in [4.78, 5) is 12.7. The topological polar surface area (TPSA) is 75.8 Å². The highest BCUT2D eigenvalue weighted by atomic mass is 19.3. The second-order valence-electron chi connectivity index (χ2n) is 5.99. The Labute approximate surface area is 111 Å². The van der Waals surface area contributed by atoms with Crippen LogP contribution in [0, 0.1) is 0 Å². The third kappa shape index (κ3) is 3.76. The average molecular weight is 280 g/mol. The summed E-state index contributed by atoms with van der Waals surface area (Å²) >= 11 is 0. The molecule has 1 atom stereocenters. The van der Waals surface area contributed by atoms with Crippen LogP contribution in [0.4, 0.5) is 13.6 Å². The number of amides is 1. The standard InChI is InChI=1S/C12H22F2N2O3/c1-10(2,3)19-9(18)16-6-4-11(15,5-7-17)12(13,14)8-16/h17H,4-8,15H2,1-3H3. The van der Waals surface area contributed by atoms with Crippen LogP contribution >= 0.6 is 0 Å². The molecule has 0 saturated carbocycles. The SMILES string of the molecule is CC(C)(C)OC(=O)N1CCC(N)(CCO)C(F)(F)C1. The summed E-state index contributed by atoms with van der Waals surface area (Å²) in [7, 11) is 0. The van der Waals surface area contributed by atoms with E-state index >= 15 is 0 Å². The van der Waals surface area contributed by atoms with E-state index in [-0.39, 0.29) is 19.4 Å². The van der Waals surface area contributed by atoms with E-state index in [1.54, 1.807) is 20.8 Å². The summed E-state index contributed by atoms with van der Waals surface area (Å²) in [5.41, 5.74) is 3.16. The summed E-state index contributed by atoms with van der Waals surface area (Å²) in [6.45, 7) is 3.93. The van der Waals surface area contributed by atoms with Gasteiger partial charge in [-0.3, -0.25) is 0 Å². The molecule has 1 heterocycles. The van der Waals surface area contributed by atoms with Crippen molar-refractivity contribution in [1.82, 2.24) is 4.90 Å². The molecule has 112 valence electrons. The summed E-state index contributed by atoms with van der Waals surface area (Å²) in [5.74, 6) is -3.25. The number of alkyl halides is 2. The molecule has 0 aromatic heterocycles. The van der Waals surface area contributed by atoms with Crippen LogP contribution < -0.4 is 5.73 Å². The molecule has 5 nitrogen and oxygen atoms in total. The zero-order valence-electron chi connectivity index (χ0n) is 11.6. The van der Waals surface area contributed by atoms with E-state index in [1.165, 1.54) is 0 Å². The molecule has 0 radical (unpaired) electrons. The number of carbonyl (C=O) groups is 1. The molecule has 1 unspecified atom stereocenters. The van der Waals surface area contributed by atoms with Crippen molar-refractivity contribution in [1.29, 1.82) is 0 Å². The lowest BCUT2D eigenvalue weighted by Gasteiger charge is -2.45. The molecular formula is C12H22F2N2O3. The Morgan fingerprint density at radius 2 is 2.05 bits per heavy atom. The number of carbonyl (C=O) groups excluding carboxylic acids is 1. The lowest BCUT2D eigenvalue weighted by Crippen LogP contribution is -2.66. The van der Waals surface area contributed by atoms with E-state index in [1.807, 2.05) is 0 Å². The van der Waals surface area contributed by atoms with Crippen molar-refractivity contribution < 1.29 is 23.4 Å².